The van der Waals surface area contributed by atoms with Crippen molar-refractivity contribution in [1.29, 1.82) is 0 Å². The lowest BCUT2D eigenvalue weighted by molar-refractivity contribution is 0.113. The molecule has 1 saturated carbocycles. The average Bonchev–Trinajstić information content (AvgIpc) is 2.57. The number of aliphatic hydroxyl groups excluding tert-OH is 1. The van der Waals surface area contributed by atoms with Crippen molar-refractivity contribution in [1.82, 2.24) is 0 Å². The summed E-state index contributed by atoms with van der Waals surface area (Å²) in [4.78, 5) is 0.394. The van der Waals surface area contributed by atoms with Gasteiger partial charge in [-0.15, -0.1) is 0 Å². The number of benzene rings is 2. The lowest BCUT2D eigenvalue weighted by Crippen LogP contribution is -2.24. The molecule has 24 heavy (non-hydrogen) atoms. The van der Waals surface area contributed by atoms with E-state index >= 15 is 0 Å². The fourth-order valence-electron chi connectivity index (χ4n) is 3.40. The molecule has 0 spiro atoms. The number of aliphatic hydroxyl groups is 1. The highest BCUT2D eigenvalue weighted by Gasteiger charge is 2.25. The molecule has 0 radical (unpaired) electrons. The van der Waals surface area contributed by atoms with Gasteiger partial charge in [-0.05, 0) is 61.8 Å². The Morgan fingerprint density at radius 3 is 2.25 bits per heavy atom. The summed E-state index contributed by atoms with van der Waals surface area (Å²) in [6.45, 7) is 2.05. The van der Waals surface area contributed by atoms with Gasteiger partial charge in [0.1, 0.15) is 0 Å². The summed E-state index contributed by atoms with van der Waals surface area (Å²) < 4.78 is 25.2. The van der Waals surface area contributed by atoms with Crippen LogP contribution in [0, 0.1) is 12.8 Å². The van der Waals surface area contributed by atoms with Gasteiger partial charge in [-0.25, -0.2) is 8.42 Å². The zero-order chi connectivity index (χ0) is 17.2. The second kappa shape index (κ2) is 7.08. The van der Waals surface area contributed by atoms with Crippen molar-refractivity contribution in [2.75, 3.05) is 5.75 Å². The lowest BCUT2D eigenvalue weighted by atomic mass is 9.89. The van der Waals surface area contributed by atoms with E-state index in [4.69, 9.17) is 0 Å². The first-order valence-electron chi connectivity index (χ1n) is 8.52. The number of aryl methyl sites for hydroxylation is 1. The van der Waals surface area contributed by atoms with E-state index in [2.05, 4.69) is 6.07 Å². The van der Waals surface area contributed by atoms with Crippen molar-refractivity contribution in [3.8, 4) is 11.1 Å². The third-order valence-corrected chi connectivity index (χ3v) is 6.74. The standard InChI is InChI=1S/C20H24O3S/c1-15-3-2-4-18(13-15)17-7-11-20(12-8-17)24(22,23)14-16-5-9-19(21)10-6-16/h2-4,7-8,11-13,16,19,21H,5-6,9-10,14H2,1H3. The van der Waals surface area contributed by atoms with Crippen molar-refractivity contribution in [2.45, 2.75) is 43.6 Å². The zero-order valence-electron chi connectivity index (χ0n) is 14.0. The summed E-state index contributed by atoms with van der Waals surface area (Å²) in [7, 11) is -3.27. The molecule has 0 amide bonds. The minimum Gasteiger partial charge on any atom is -0.393 e. The third kappa shape index (κ3) is 4.05. The highest BCUT2D eigenvalue weighted by atomic mass is 32.2. The molecule has 0 bridgehead atoms. The maximum Gasteiger partial charge on any atom is 0.178 e. The first kappa shape index (κ1) is 17.2. The Morgan fingerprint density at radius 1 is 0.958 bits per heavy atom. The summed E-state index contributed by atoms with van der Waals surface area (Å²) in [6, 6.07) is 15.4. The van der Waals surface area contributed by atoms with Crippen molar-refractivity contribution in [2.24, 2.45) is 5.92 Å². The van der Waals surface area contributed by atoms with Crippen LogP contribution in [0.25, 0.3) is 11.1 Å². The second-order valence-corrected chi connectivity index (χ2v) is 8.88. The Labute approximate surface area is 144 Å². The molecule has 0 atom stereocenters. The van der Waals surface area contributed by atoms with Crippen molar-refractivity contribution < 1.29 is 13.5 Å². The maximum atomic E-state index is 12.6. The highest BCUT2D eigenvalue weighted by Crippen LogP contribution is 2.28. The molecule has 0 aliphatic heterocycles. The van der Waals surface area contributed by atoms with E-state index in [-0.39, 0.29) is 17.8 Å². The van der Waals surface area contributed by atoms with Gasteiger partial charge in [-0.2, -0.15) is 0 Å². The van der Waals surface area contributed by atoms with E-state index in [1.54, 1.807) is 12.1 Å². The Hall–Kier alpha value is -1.65. The van der Waals surface area contributed by atoms with Crippen molar-refractivity contribution in [3.05, 3.63) is 54.1 Å². The molecule has 1 fully saturated rings. The minimum atomic E-state index is -3.27. The third-order valence-electron chi connectivity index (χ3n) is 4.84. The van der Waals surface area contributed by atoms with Crippen LogP contribution in [0.1, 0.15) is 31.2 Å². The predicted octanol–water partition coefficient (Wildman–Crippen LogP) is 3.99. The smallest absolute Gasteiger partial charge is 0.178 e. The molecule has 0 heterocycles. The Kier molecular flexibility index (Phi) is 5.07. The van der Waals surface area contributed by atoms with E-state index < -0.39 is 9.84 Å². The second-order valence-electron chi connectivity index (χ2n) is 6.85. The largest absolute Gasteiger partial charge is 0.393 e. The highest BCUT2D eigenvalue weighted by molar-refractivity contribution is 7.91. The molecule has 1 N–H and O–H groups in total. The van der Waals surface area contributed by atoms with Crippen LogP contribution in [0.4, 0.5) is 0 Å². The fraction of sp³-hybridized carbons (Fsp3) is 0.400. The van der Waals surface area contributed by atoms with Gasteiger partial charge in [-0.1, -0.05) is 42.0 Å². The Balaban J connectivity index is 1.74. The topological polar surface area (TPSA) is 54.4 Å². The SMILES string of the molecule is Cc1cccc(-c2ccc(S(=O)(=O)CC3CCC(O)CC3)cc2)c1. The molecule has 3 nitrogen and oxygen atoms in total. The summed E-state index contributed by atoms with van der Waals surface area (Å²) in [5, 5.41) is 9.55. The van der Waals surface area contributed by atoms with Crippen molar-refractivity contribution in [3.63, 3.8) is 0 Å². The molecule has 4 heteroatoms. The first-order valence-corrected chi connectivity index (χ1v) is 10.2. The molecule has 3 rings (SSSR count). The Morgan fingerprint density at radius 2 is 1.62 bits per heavy atom. The van der Waals surface area contributed by atoms with Gasteiger partial charge in [0, 0.05) is 0 Å². The van der Waals surface area contributed by atoms with Gasteiger partial charge in [0.15, 0.2) is 9.84 Å². The van der Waals surface area contributed by atoms with Crippen LogP contribution >= 0.6 is 0 Å². The summed E-state index contributed by atoms with van der Waals surface area (Å²) >= 11 is 0. The van der Waals surface area contributed by atoms with Crippen LogP contribution < -0.4 is 0 Å². The molecular weight excluding hydrogens is 320 g/mol. The van der Waals surface area contributed by atoms with E-state index in [1.165, 1.54) is 5.56 Å². The molecule has 0 saturated heterocycles. The molecular formula is C20H24O3S. The van der Waals surface area contributed by atoms with Gasteiger partial charge < -0.3 is 5.11 Å². The van der Waals surface area contributed by atoms with Crippen LogP contribution in [-0.2, 0) is 9.84 Å². The number of sulfone groups is 1. The van der Waals surface area contributed by atoms with Gasteiger partial charge in [-0.3, -0.25) is 0 Å². The minimum absolute atomic E-state index is 0.162. The molecule has 0 aromatic heterocycles. The molecule has 1 aliphatic carbocycles. The van der Waals surface area contributed by atoms with Crippen LogP contribution in [0.2, 0.25) is 0 Å². The van der Waals surface area contributed by atoms with Gasteiger partial charge in [0.25, 0.3) is 0 Å². The summed E-state index contributed by atoms with van der Waals surface area (Å²) in [5.41, 5.74) is 3.31. The maximum absolute atomic E-state index is 12.6. The van der Waals surface area contributed by atoms with Crippen molar-refractivity contribution >= 4 is 9.84 Å². The zero-order valence-corrected chi connectivity index (χ0v) is 14.8. The van der Waals surface area contributed by atoms with E-state index in [0.29, 0.717) is 17.7 Å². The summed E-state index contributed by atoms with van der Waals surface area (Å²) in [5.74, 6) is 0.346. The quantitative estimate of drug-likeness (QED) is 0.912. The molecule has 1 aliphatic rings. The van der Waals surface area contributed by atoms with E-state index in [1.807, 2.05) is 37.3 Å². The monoisotopic (exact) mass is 344 g/mol. The normalized spacial score (nSPS) is 21.6. The lowest BCUT2D eigenvalue weighted by Gasteiger charge is -2.25. The van der Waals surface area contributed by atoms with Gasteiger partial charge in [0.05, 0.1) is 16.8 Å². The van der Waals surface area contributed by atoms with Gasteiger partial charge >= 0.3 is 0 Å². The molecule has 128 valence electrons. The van der Waals surface area contributed by atoms with E-state index in [0.717, 1.165) is 24.0 Å². The van der Waals surface area contributed by atoms with Crippen LogP contribution in [0.15, 0.2) is 53.4 Å². The number of rotatable bonds is 4. The predicted molar refractivity (Wildman–Crippen MR) is 96.6 cm³/mol. The average molecular weight is 344 g/mol. The van der Waals surface area contributed by atoms with Crippen LogP contribution in [0.3, 0.4) is 0 Å². The molecule has 2 aromatic carbocycles. The first-order chi connectivity index (χ1) is 11.4. The number of hydrogen-bond donors (Lipinski definition) is 1. The molecule has 2 aromatic rings. The van der Waals surface area contributed by atoms with Gasteiger partial charge in [0.2, 0.25) is 0 Å². The van der Waals surface area contributed by atoms with E-state index in [9.17, 15) is 13.5 Å². The van der Waals surface area contributed by atoms with Crippen LogP contribution in [0.5, 0.6) is 0 Å². The number of hydrogen-bond acceptors (Lipinski definition) is 3. The Bertz CT molecular complexity index is 786. The van der Waals surface area contributed by atoms with Crippen LogP contribution in [-0.4, -0.2) is 25.4 Å². The summed E-state index contributed by atoms with van der Waals surface area (Å²) in [6.07, 6.45) is 2.76. The fourth-order valence-corrected chi connectivity index (χ4v) is 5.09. The molecule has 0 unspecified atom stereocenters.